The van der Waals surface area contributed by atoms with Gasteiger partial charge in [0, 0.05) is 24.0 Å². The van der Waals surface area contributed by atoms with Crippen molar-refractivity contribution in [2.45, 2.75) is 32.7 Å². The number of benzene rings is 1. The molecule has 4 nitrogen and oxygen atoms in total. The van der Waals surface area contributed by atoms with Crippen molar-refractivity contribution < 1.29 is 4.74 Å². The van der Waals surface area contributed by atoms with E-state index in [0.717, 1.165) is 25.3 Å². The molecule has 108 valence electrons. The molecule has 0 bridgehead atoms. The summed E-state index contributed by atoms with van der Waals surface area (Å²) in [5.74, 6) is 1.23. The Morgan fingerprint density at radius 1 is 1.25 bits per heavy atom. The second-order valence-corrected chi connectivity index (χ2v) is 5.65. The molecule has 1 heterocycles. The summed E-state index contributed by atoms with van der Waals surface area (Å²) in [5.41, 5.74) is 1.30. The zero-order valence-electron chi connectivity index (χ0n) is 12.0. The third-order valence-electron chi connectivity index (χ3n) is 2.83. The molecule has 5 heteroatoms. The first-order valence-electron chi connectivity index (χ1n) is 6.97. The number of aromatic nitrogens is 2. The maximum atomic E-state index is 5.59. The first kappa shape index (κ1) is 14.9. The normalized spacial score (nSPS) is 10.9. The zero-order chi connectivity index (χ0) is 14.2. The molecule has 0 aliphatic rings. The lowest BCUT2D eigenvalue weighted by atomic mass is 10.2. The zero-order valence-corrected chi connectivity index (χ0v) is 12.8. The van der Waals surface area contributed by atoms with Gasteiger partial charge in [0.25, 0.3) is 5.19 Å². The van der Waals surface area contributed by atoms with Crippen LogP contribution in [0.25, 0.3) is 0 Å². The van der Waals surface area contributed by atoms with Crippen LogP contribution < -0.4 is 10.1 Å². The van der Waals surface area contributed by atoms with Crippen LogP contribution in [0.4, 0.5) is 0 Å². The Labute approximate surface area is 124 Å². The standard InChI is InChI=1S/C15H21N3OS/c1-12(2)14-17-15(20-18-14)19-10-6-9-16-11-13-7-4-3-5-8-13/h3-5,7-8,12,16H,6,9-11H2,1-2H3. The van der Waals surface area contributed by atoms with Crippen molar-refractivity contribution in [3.05, 3.63) is 41.7 Å². The monoisotopic (exact) mass is 291 g/mol. The van der Waals surface area contributed by atoms with E-state index in [4.69, 9.17) is 4.74 Å². The SMILES string of the molecule is CC(C)c1nsc(OCCCNCc2ccccc2)n1. The summed E-state index contributed by atoms with van der Waals surface area (Å²) in [6, 6.07) is 10.4. The van der Waals surface area contributed by atoms with Crippen LogP contribution in [0, 0.1) is 0 Å². The van der Waals surface area contributed by atoms with Gasteiger partial charge in [-0.1, -0.05) is 44.2 Å². The molecule has 0 saturated carbocycles. The predicted molar refractivity (Wildman–Crippen MR) is 82.3 cm³/mol. The van der Waals surface area contributed by atoms with E-state index >= 15 is 0 Å². The van der Waals surface area contributed by atoms with E-state index in [1.807, 2.05) is 6.07 Å². The average Bonchev–Trinajstić information content (AvgIpc) is 2.93. The molecular weight excluding hydrogens is 270 g/mol. The number of hydrogen-bond acceptors (Lipinski definition) is 5. The van der Waals surface area contributed by atoms with E-state index in [1.165, 1.54) is 17.1 Å². The Bertz CT molecular complexity index is 499. The molecule has 1 aromatic carbocycles. The summed E-state index contributed by atoms with van der Waals surface area (Å²) in [6.45, 7) is 6.68. The highest BCUT2D eigenvalue weighted by atomic mass is 32.1. The van der Waals surface area contributed by atoms with Gasteiger partial charge in [-0.15, -0.1) is 0 Å². The minimum atomic E-state index is 0.358. The number of nitrogens with zero attached hydrogens (tertiary/aromatic N) is 2. The predicted octanol–water partition coefficient (Wildman–Crippen LogP) is 3.22. The average molecular weight is 291 g/mol. The quantitative estimate of drug-likeness (QED) is 0.759. The van der Waals surface area contributed by atoms with Crippen molar-refractivity contribution in [3.8, 4) is 5.19 Å². The molecule has 20 heavy (non-hydrogen) atoms. The number of ether oxygens (including phenoxy) is 1. The van der Waals surface area contributed by atoms with E-state index in [1.54, 1.807) is 0 Å². The van der Waals surface area contributed by atoms with Gasteiger partial charge in [-0.05, 0) is 18.5 Å². The highest BCUT2D eigenvalue weighted by Crippen LogP contribution is 2.19. The molecule has 0 radical (unpaired) electrons. The van der Waals surface area contributed by atoms with E-state index in [-0.39, 0.29) is 0 Å². The number of rotatable bonds is 8. The lowest BCUT2D eigenvalue weighted by Crippen LogP contribution is -2.16. The van der Waals surface area contributed by atoms with Gasteiger partial charge >= 0.3 is 0 Å². The molecule has 2 rings (SSSR count). The van der Waals surface area contributed by atoms with E-state index in [9.17, 15) is 0 Å². The molecule has 1 N–H and O–H groups in total. The Morgan fingerprint density at radius 3 is 2.75 bits per heavy atom. The maximum Gasteiger partial charge on any atom is 0.293 e. The van der Waals surface area contributed by atoms with Gasteiger partial charge in [-0.3, -0.25) is 0 Å². The highest BCUT2D eigenvalue weighted by molar-refractivity contribution is 7.07. The van der Waals surface area contributed by atoms with Crippen LogP contribution in [0.2, 0.25) is 0 Å². The van der Waals surface area contributed by atoms with Crippen LogP contribution in [0.5, 0.6) is 5.19 Å². The van der Waals surface area contributed by atoms with E-state index in [2.05, 4.69) is 52.8 Å². The van der Waals surface area contributed by atoms with Crippen LogP contribution in [0.15, 0.2) is 30.3 Å². The van der Waals surface area contributed by atoms with Crippen molar-refractivity contribution in [3.63, 3.8) is 0 Å². The van der Waals surface area contributed by atoms with Crippen molar-refractivity contribution in [2.24, 2.45) is 0 Å². The third-order valence-corrected chi connectivity index (χ3v) is 3.48. The molecule has 0 aliphatic heterocycles. The molecule has 0 fully saturated rings. The smallest absolute Gasteiger partial charge is 0.293 e. The summed E-state index contributed by atoms with van der Waals surface area (Å²) < 4.78 is 9.85. The summed E-state index contributed by atoms with van der Waals surface area (Å²) in [6.07, 6.45) is 0.962. The van der Waals surface area contributed by atoms with Crippen LogP contribution in [0.1, 0.15) is 37.6 Å². The van der Waals surface area contributed by atoms with Crippen molar-refractivity contribution in [1.29, 1.82) is 0 Å². The maximum absolute atomic E-state index is 5.59. The Hall–Kier alpha value is -1.46. The molecular formula is C15H21N3OS. The Kier molecular flexibility index (Phi) is 5.95. The van der Waals surface area contributed by atoms with Gasteiger partial charge in [0.2, 0.25) is 0 Å². The fraction of sp³-hybridized carbons (Fsp3) is 0.467. The van der Waals surface area contributed by atoms with Gasteiger partial charge in [0.1, 0.15) is 5.82 Å². The lowest BCUT2D eigenvalue weighted by molar-refractivity contribution is 0.305. The fourth-order valence-corrected chi connectivity index (χ4v) is 2.39. The van der Waals surface area contributed by atoms with Crippen LogP contribution in [0.3, 0.4) is 0 Å². The molecule has 2 aromatic rings. The van der Waals surface area contributed by atoms with Gasteiger partial charge < -0.3 is 10.1 Å². The van der Waals surface area contributed by atoms with Crippen LogP contribution >= 0.6 is 11.5 Å². The second-order valence-electron chi connectivity index (χ2n) is 4.94. The number of hydrogen-bond donors (Lipinski definition) is 1. The van der Waals surface area contributed by atoms with Gasteiger partial charge in [-0.25, -0.2) is 0 Å². The molecule has 0 aliphatic carbocycles. The second kappa shape index (κ2) is 7.97. The first-order valence-corrected chi connectivity index (χ1v) is 7.74. The van der Waals surface area contributed by atoms with Crippen molar-refractivity contribution in [1.82, 2.24) is 14.7 Å². The summed E-state index contributed by atoms with van der Waals surface area (Å²) in [4.78, 5) is 4.34. The van der Waals surface area contributed by atoms with Gasteiger partial charge in [0.15, 0.2) is 0 Å². The molecule has 0 unspecified atom stereocenters. The molecule has 1 aromatic heterocycles. The minimum absolute atomic E-state index is 0.358. The molecule has 0 atom stereocenters. The summed E-state index contributed by atoms with van der Waals surface area (Å²) in [5, 5.41) is 4.08. The lowest BCUT2D eigenvalue weighted by Gasteiger charge is -2.05. The largest absolute Gasteiger partial charge is 0.469 e. The Balaban J connectivity index is 1.57. The topological polar surface area (TPSA) is 47.0 Å². The molecule has 0 saturated heterocycles. The summed E-state index contributed by atoms with van der Waals surface area (Å²) >= 11 is 1.33. The van der Waals surface area contributed by atoms with Crippen molar-refractivity contribution >= 4 is 11.5 Å². The Morgan fingerprint density at radius 2 is 2.05 bits per heavy atom. The van der Waals surface area contributed by atoms with E-state index < -0.39 is 0 Å². The molecule has 0 amide bonds. The van der Waals surface area contributed by atoms with Gasteiger partial charge in [-0.2, -0.15) is 9.36 Å². The first-order chi connectivity index (χ1) is 9.75. The van der Waals surface area contributed by atoms with Crippen LogP contribution in [-0.4, -0.2) is 22.5 Å². The summed E-state index contributed by atoms with van der Waals surface area (Å²) in [7, 11) is 0. The third kappa shape index (κ3) is 4.90. The minimum Gasteiger partial charge on any atom is -0.469 e. The fourth-order valence-electron chi connectivity index (χ4n) is 1.70. The van der Waals surface area contributed by atoms with Crippen molar-refractivity contribution in [2.75, 3.05) is 13.2 Å². The van der Waals surface area contributed by atoms with Gasteiger partial charge in [0.05, 0.1) is 6.61 Å². The number of nitrogens with one attached hydrogen (secondary N) is 1. The molecule has 0 spiro atoms. The van der Waals surface area contributed by atoms with Crippen LogP contribution in [-0.2, 0) is 6.54 Å². The van der Waals surface area contributed by atoms with E-state index in [0.29, 0.717) is 17.7 Å². The highest BCUT2D eigenvalue weighted by Gasteiger charge is 2.07.